The van der Waals surface area contributed by atoms with Crippen molar-refractivity contribution in [2.24, 2.45) is 0 Å². The Hall–Kier alpha value is -1.54. The number of nitrogens with one attached hydrogen (secondary N) is 1. The largest absolute Gasteiger partial charge is 0.460 e. The molecule has 1 aromatic heterocycles. The van der Waals surface area contributed by atoms with E-state index in [2.05, 4.69) is 30.8 Å². The molecule has 0 bridgehead atoms. The van der Waals surface area contributed by atoms with Crippen molar-refractivity contribution in [3.8, 4) is 6.01 Å². The maximum atomic E-state index is 14.1. The fraction of sp³-hybridized carbons (Fsp3) is 0.467. The van der Waals surface area contributed by atoms with E-state index in [-0.39, 0.29) is 28.1 Å². The summed E-state index contributed by atoms with van der Waals surface area (Å²) in [5.74, 6) is -1.62. The molecule has 124 valence electrons. The van der Waals surface area contributed by atoms with E-state index in [1.807, 2.05) is 14.0 Å². The minimum atomic E-state index is -0.836. The number of nitrogens with zero attached hydrogens (tertiary/aromatic N) is 2. The molecule has 3 rings (SSSR count). The summed E-state index contributed by atoms with van der Waals surface area (Å²) in [6.07, 6.45) is 1.82. The Bertz CT molecular complexity index is 811. The number of hydrogen-bond donors (Lipinski definition) is 1. The first-order valence-corrected chi connectivity index (χ1v) is 8.12. The van der Waals surface area contributed by atoms with Crippen LogP contribution >= 0.6 is 15.9 Å². The number of likely N-dealkylation sites (tertiary alicyclic amines) is 1. The van der Waals surface area contributed by atoms with E-state index in [0.717, 1.165) is 25.5 Å². The van der Waals surface area contributed by atoms with Crippen molar-refractivity contribution in [1.82, 2.24) is 14.9 Å². The van der Waals surface area contributed by atoms with Crippen molar-refractivity contribution < 1.29 is 13.5 Å². The molecule has 0 radical (unpaired) electrons. The maximum Gasteiger partial charge on any atom is 0.297 e. The quantitative estimate of drug-likeness (QED) is 0.822. The molecule has 0 saturated carbocycles. The van der Waals surface area contributed by atoms with Crippen LogP contribution in [0.15, 0.2) is 15.3 Å². The molecule has 1 aliphatic rings. The number of aromatic nitrogens is 2. The highest BCUT2D eigenvalue weighted by Crippen LogP contribution is 2.26. The molecule has 1 saturated heterocycles. The molecular formula is C15H16BrF2N3O2. The Morgan fingerprint density at radius 2 is 2.26 bits per heavy atom. The molecule has 1 N–H and O–H groups in total. The summed E-state index contributed by atoms with van der Waals surface area (Å²) in [7, 11) is 2.00. The van der Waals surface area contributed by atoms with Crippen LogP contribution in [0.3, 0.4) is 0 Å². The van der Waals surface area contributed by atoms with Gasteiger partial charge in [-0.2, -0.15) is 4.98 Å². The number of hydrogen-bond acceptors (Lipinski definition) is 4. The van der Waals surface area contributed by atoms with Crippen molar-refractivity contribution >= 4 is 26.8 Å². The molecule has 0 aliphatic carbocycles. The summed E-state index contributed by atoms with van der Waals surface area (Å²) in [5, 5.41) is -0.413. The highest BCUT2D eigenvalue weighted by atomic mass is 79.9. The third-order valence-corrected chi connectivity index (χ3v) is 4.80. The topological polar surface area (TPSA) is 58.2 Å². The van der Waals surface area contributed by atoms with E-state index >= 15 is 0 Å². The lowest BCUT2D eigenvalue weighted by molar-refractivity contribution is 0.112. The molecule has 23 heavy (non-hydrogen) atoms. The average Bonchev–Trinajstić information content (AvgIpc) is 2.90. The number of rotatable bonds is 3. The highest BCUT2D eigenvalue weighted by Gasteiger charge is 2.28. The summed E-state index contributed by atoms with van der Waals surface area (Å²) in [5.41, 5.74) is -1.11. The number of fused-ring (bicyclic) bond motifs is 1. The SMILES string of the molecule is C[C@H](Oc1nc2c(F)c(Br)cc(F)c2c(=O)[nH]1)[C@@H]1CCCN1C. The Balaban J connectivity index is 1.99. The summed E-state index contributed by atoms with van der Waals surface area (Å²) >= 11 is 2.91. The second kappa shape index (κ2) is 6.16. The van der Waals surface area contributed by atoms with Crippen LogP contribution in [0.1, 0.15) is 19.8 Å². The summed E-state index contributed by atoms with van der Waals surface area (Å²) in [4.78, 5) is 20.5. The van der Waals surface area contributed by atoms with Gasteiger partial charge in [-0.3, -0.25) is 14.7 Å². The van der Waals surface area contributed by atoms with Crippen molar-refractivity contribution in [2.45, 2.75) is 31.9 Å². The van der Waals surface area contributed by atoms with Gasteiger partial charge in [-0.05, 0) is 55.4 Å². The van der Waals surface area contributed by atoms with E-state index in [4.69, 9.17) is 4.74 Å². The van der Waals surface area contributed by atoms with Crippen LogP contribution in [0.2, 0.25) is 0 Å². The molecule has 1 aromatic carbocycles. The predicted octanol–water partition coefficient (Wildman–Crippen LogP) is 2.83. The van der Waals surface area contributed by atoms with Crippen molar-refractivity contribution in [3.05, 3.63) is 32.5 Å². The summed E-state index contributed by atoms with van der Waals surface area (Å²) in [6.45, 7) is 2.85. The fourth-order valence-electron chi connectivity index (χ4n) is 3.03. The second-order valence-electron chi connectivity index (χ2n) is 5.76. The molecule has 8 heteroatoms. The van der Waals surface area contributed by atoms with Crippen LogP contribution < -0.4 is 10.3 Å². The third-order valence-electron chi connectivity index (χ3n) is 4.22. The summed E-state index contributed by atoms with van der Waals surface area (Å²) in [6, 6.07) is 0.998. The lowest BCUT2D eigenvalue weighted by atomic mass is 10.1. The summed E-state index contributed by atoms with van der Waals surface area (Å²) < 4.78 is 33.6. The van der Waals surface area contributed by atoms with E-state index in [1.54, 1.807) is 0 Å². The first-order valence-electron chi connectivity index (χ1n) is 7.33. The van der Waals surface area contributed by atoms with Crippen LogP contribution in [0.5, 0.6) is 6.01 Å². The van der Waals surface area contributed by atoms with Crippen LogP contribution in [-0.2, 0) is 0 Å². The Labute approximate surface area is 139 Å². The minimum absolute atomic E-state index is 0.0878. The number of halogens is 3. The lowest BCUT2D eigenvalue weighted by Gasteiger charge is -2.26. The number of ether oxygens (including phenoxy) is 1. The molecule has 0 unspecified atom stereocenters. The van der Waals surface area contributed by atoms with E-state index < -0.39 is 22.6 Å². The van der Waals surface area contributed by atoms with Crippen LogP contribution in [-0.4, -0.2) is 40.6 Å². The third kappa shape index (κ3) is 2.97. The number of aromatic amines is 1. The molecule has 2 aromatic rings. The Kier molecular flexibility index (Phi) is 4.37. The van der Waals surface area contributed by atoms with Crippen molar-refractivity contribution in [1.29, 1.82) is 0 Å². The van der Waals surface area contributed by atoms with Gasteiger partial charge in [0.05, 0.1) is 4.47 Å². The second-order valence-corrected chi connectivity index (χ2v) is 6.62. The van der Waals surface area contributed by atoms with Gasteiger partial charge in [-0.1, -0.05) is 0 Å². The minimum Gasteiger partial charge on any atom is -0.460 e. The normalized spacial score (nSPS) is 20.1. The van der Waals surface area contributed by atoms with Gasteiger partial charge in [0.1, 0.15) is 22.8 Å². The zero-order chi connectivity index (χ0) is 16.7. The monoisotopic (exact) mass is 387 g/mol. The van der Waals surface area contributed by atoms with Gasteiger partial charge in [0.15, 0.2) is 5.82 Å². The van der Waals surface area contributed by atoms with E-state index in [9.17, 15) is 13.6 Å². The van der Waals surface area contributed by atoms with Gasteiger partial charge in [0.25, 0.3) is 11.6 Å². The van der Waals surface area contributed by atoms with E-state index in [0.29, 0.717) is 0 Å². The van der Waals surface area contributed by atoms with Crippen molar-refractivity contribution in [3.63, 3.8) is 0 Å². The molecular weight excluding hydrogens is 372 g/mol. The average molecular weight is 388 g/mol. The number of benzene rings is 1. The van der Waals surface area contributed by atoms with Gasteiger partial charge >= 0.3 is 0 Å². The van der Waals surface area contributed by atoms with Gasteiger partial charge in [0, 0.05) is 6.04 Å². The smallest absolute Gasteiger partial charge is 0.297 e. The highest BCUT2D eigenvalue weighted by molar-refractivity contribution is 9.10. The lowest BCUT2D eigenvalue weighted by Crippen LogP contribution is -2.38. The molecule has 1 aliphatic heterocycles. The fourth-order valence-corrected chi connectivity index (χ4v) is 3.42. The van der Waals surface area contributed by atoms with Crippen LogP contribution in [0, 0.1) is 11.6 Å². The number of H-pyrrole nitrogens is 1. The first-order chi connectivity index (χ1) is 10.9. The molecule has 5 nitrogen and oxygen atoms in total. The standard InChI is InChI=1S/C15H16BrF2N3O2/c1-7(10-4-3-5-21(10)2)23-15-19-13-11(14(22)20-15)9(17)6-8(16)12(13)18/h6-7,10H,3-5H2,1-2H3,(H,19,20,22)/t7-,10-/m0/s1. The molecule has 0 amide bonds. The first kappa shape index (κ1) is 16.3. The molecule has 0 spiro atoms. The molecule has 1 fully saturated rings. The Morgan fingerprint density at radius 1 is 1.52 bits per heavy atom. The van der Waals surface area contributed by atoms with Crippen molar-refractivity contribution in [2.75, 3.05) is 13.6 Å². The van der Waals surface area contributed by atoms with E-state index in [1.165, 1.54) is 0 Å². The number of likely N-dealkylation sites (N-methyl/N-ethyl adjacent to an activating group) is 1. The van der Waals surface area contributed by atoms with Crippen LogP contribution in [0.4, 0.5) is 8.78 Å². The Morgan fingerprint density at radius 3 is 2.91 bits per heavy atom. The molecule has 2 heterocycles. The van der Waals surface area contributed by atoms with Gasteiger partial charge in [-0.15, -0.1) is 0 Å². The van der Waals surface area contributed by atoms with Gasteiger partial charge < -0.3 is 4.74 Å². The van der Waals surface area contributed by atoms with Gasteiger partial charge in [-0.25, -0.2) is 8.78 Å². The maximum absolute atomic E-state index is 14.1. The zero-order valence-corrected chi connectivity index (χ0v) is 14.3. The zero-order valence-electron chi connectivity index (χ0n) is 12.7. The van der Waals surface area contributed by atoms with Crippen LogP contribution in [0.25, 0.3) is 10.9 Å². The van der Waals surface area contributed by atoms with Gasteiger partial charge in [0.2, 0.25) is 0 Å². The predicted molar refractivity (Wildman–Crippen MR) is 85.7 cm³/mol. The molecule has 2 atom stereocenters.